The summed E-state index contributed by atoms with van der Waals surface area (Å²) in [4.78, 5) is 0. The summed E-state index contributed by atoms with van der Waals surface area (Å²) >= 11 is 5.74. The van der Waals surface area contributed by atoms with Crippen molar-refractivity contribution in [2.75, 3.05) is 0 Å². The topological polar surface area (TPSA) is 20.2 Å². The van der Waals surface area contributed by atoms with E-state index in [-0.39, 0.29) is 0 Å². The van der Waals surface area contributed by atoms with Gasteiger partial charge in [0, 0.05) is 10.9 Å². The van der Waals surface area contributed by atoms with Crippen LogP contribution < -0.4 is 0 Å². The predicted octanol–water partition coefficient (Wildman–Crippen LogP) is 2.79. The molecule has 0 spiro atoms. The SMILES string of the molecule is O[C@H](C#CC1CC1)c1ccc(Cl)cc1. The van der Waals surface area contributed by atoms with Crippen molar-refractivity contribution in [2.45, 2.75) is 18.9 Å². The zero-order chi connectivity index (χ0) is 9.97. The van der Waals surface area contributed by atoms with Crippen molar-refractivity contribution < 1.29 is 5.11 Å². The molecule has 1 aromatic rings. The van der Waals surface area contributed by atoms with E-state index in [9.17, 15) is 5.11 Å². The predicted molar refractivity (Wildman–Crippen MR) is 56.9 cm³/mol. The van der Waals surface area contributed by atoms with Gasteiger partial charge >= 0.3 is 0 Å². The normalized spacial score (nSPS) is 17.0. The highest BCUT2D eigenvalue weighted by Gasteiger charge is 2.18. The lowest BCUT2D eigenvalue weighted by atomic mass is 10.1. The Labute approximate surface area is 88.7 Å². The van der Waals surface area contributed by atoms with Crippen LogP contribution in [0.4, 0.5) is 0 Å². The van der Waals surface area contributed by atoms with E-state index < -0.39 is 6.10 Å². The first-order chi connectivity index (χ1) is 6.75. The standard InChI is InChI=1S/C12H11ClO/c13-11-6-4-10(5-7-11)12(14)8-3-9-1-2-9/h4-7,9,12,14H,1-2H2/t12-/m1/s1. The highest BCUT2D eigenvalue weighted by Crippen LogP contribution is 2.28. The van der Waals surface area contributed by atoms with Gasteiger partial charge in [-0.3, -0.25) is 0 Å². The summed E-state index contributed by atoms with van der Waals surface area (Å²) in [7, 11) is 0. The van der Waals surface area contributed by atoms with Gasteiger partial charge < -0.3 is 5.11 Å². The van der Waals surface area contributed by atoms with Gasteiger partial charge in [-0.1, -0.05) is 35.6 Å². The Kier molecular flexibility index (Phi) is 2.77. The first-order valence-electron chi connectivity index (χ1n) is 4.70. The van der Waals surface area contributed by atoms with Crippen LogP contribution in [-0.4, -0.2) is 5.11 Å². The molecule has 1 N–H and O–H groups in total. The molecule has 1 fully saturated rings. The fraction of sp³-hybridized carbons (Fsp3) is 0.333. The molecule has 14 heavy (non-hydrogen) atoms. The number of aliphatic hydroxyl groups is 1. The summed E-state index contributed by atoms with van der Waals surface area (Å²) < 4.78 is 0. The third-order valence-corrected chi connectivity index (χ3v) is 2.44. The molecule has 0 unspecified atom stereocenters. The molecule has 0 aromatic heterocycles. The van der Waals surface area contributed by atoms with E-state index in [1.165, 1.54) is 12.8 Å². The Hall–Kier alpha value is -0.970. The molecule has 0 heterocycles. The Morgan fingerprint density at radius 2 is 1.93 bits per heavy atom. The second-order valence-corrected chi connectivity index (χ2v) is 3.95. The van der Waals surface area contributed by atoms with E-state index in [0.29, 0.717) is 10.9 Å². The van der Waals surface area contributed by atoms with Crippen molar-refractivity contribution in [2.24, 2.45) is 5.92 Å². The van der Waals surface area contributed by atoms with E-state index in [4.69, 9.17) is 11.6 Å². The van der Waals surface area contributed by atoms with Crippen molar-refractivity contribution in [3.05, 3.63) is 34.9 Å². The zero-order valence-electron chi connectivity index (χ0n) is 7.70. The van der Waals surface area contributed by atoms with Crippen molar-refractivity contribution in [1.29, 1.82) is 0 Å². The number of hydrogen-bond donors (Lipinski definition) is 1. The minimum Gasteiger partial charge on any atom is -0.376 e. The van der Waals surface area contributed by atoms with Crippen LogP contribution in [0.2, 0.25) is 5.02 Å². The average molecular weight is 207 g/mol. The Morgan fingerprint density at radius 1 is 1.29 bits per heavy atom. The fourth-order valence-corrected chi connectivity index (χ4v) is 1.28. The highest BCUT2D eigenvalue weighted by molar-refractivity contribution is 6.30. The number of aliphatic hydroxyl groups excluding tert-OH is 1. The molecule has 0 saturated heterocycles. The van der Waals surface area contributed by atoms with Crippen LogP contribution in [-0.2, 0) is 0 Å². The van der Waals surface area contributed by atoms with Crippen LogP contribution in [0, 0.1) is 17.8 Å². The molecule has 1 aliphatic carbocycles. The van der Waals surface area contributed by atoms with Gasteiger partial charge in [-0.25, -0.2) is 0 Å². The molecule has 0 amide bonds. The molecule has 0 aliphatic heterocycles. The number of halogens is 1. The number of benzene rings is 1. The average Bonchev–Trinajstić information content (AvgIpc) is 2.99. The Morgan fingerprint density at radius 3 is 2.50 bits per heavy atom. The van der Waals surface area contributed by atoms with Gasteiger partial charge in [0.05, 0.1) is 0 Å². The molecule has 2 heteroatoms. The highest BCUT2D eigenvalue weighted by atomic mass is 35.5. The van der Waals surface area contributed by atoms with Crippen LogP contribution in [0.5, 0.6) is 0 Å². The molecule has 0 radical (unpaired) electrons. The van der Waals surface area contributed by atoms with E-state index in [0.717, 1.165) is 5.56 Å². The lowest BCUT2D eigenvalue weighted by Crippen LogP contribution is -1.92. The Bertz CT molecular complexity index is 368. The summed E-state index contributed by atoms with van der Waals surface area (Å²) in [5.74, 6) is 6.40. The van der Waals surface area contributed by atoms with Crippen molar-refractivity contribution in [1.82, 2.24) is 0 Å². The van der Waals surface area contributed by atoms with Crippen molar-refractivity contribution >= 4 is 11.6 Å². The Balaban J connectivity index is 2.07. The summed E-state index contributed by atoms with van der Waals surface area (Å²) in [5.41, 5.74) is 0.808. The van der Waals surface area contributed by atoms with Crippen molar-refractivity contribution in [3.8, 4) is 11.8 Å². The fourth-order valence-electron chi connectivity index (χ4n) is 1.15. The van der Waals surface area contributed by atoms with Gasteiger partial charge in [-0.15, -0.1) is 0 Å². The van der Waals surface area contributed by atoms with Gasteiger partial charge in [0.2, 0.25) is 0 Å². The van der Waals surface area contributed by atoms with E-state index in [2.05, 4.69) is 11.8 Å². The van der Waals surface area contributed by atoms with Gasteiger partial charge in [-0.2, -0.15) is 0 Å². The third-order valence-electron chi connectivity index (χ3n) is 2.19. The summed E-state index contributed by atoms with van der Waals surface area (Å²) in [6, 6.07) is 7.13. The maximum absolute atomic E-state index is 9.67. The summed E-state index contributed by atoms with van der Waals surface area (Å²) in [5, 5.41) is 10.3. The molecular weight excluding hydrogens is 196 g/mol. The molecule has 1 nitrogen and oxygen atoms in total. The molecule has 1 atom stereocenters. The summed E-state index contributed by atoms with van der Waals surface area (Å²) in [6.45, 7) is 0. The first-order valence-corrected chi connectivity index (χ1v) is 5.08. The minimum atomic E-state index is -0.673. The second-order valence-electron chi connectivity index (χ2n) is 3.52. The molecule has 0 bridgehead atoms. The third kappa shape index (κ3) is 2.51. The van der Waals surface area contributed by atoms with Gasteiger partial charge in [0.25, 0.3) is 0 Å². The lowest BCUT2D eigenvalue weighted by molar-refractivity contribution is 0.238. The number of hydrogen-bond acceptors (Lipinski definition) is 1. The largest absolute Gasteiger partial charge is 0.376 e. The van der Waals surface area contributed by atoms with E-state index in [1.807, 2.05) is 0 Å². The van der Waals surface area contributed by atoms with Crippen molar-refractivity contribution in [3.63, 3.8) is 0 Å². The van der Waals surface area contributed by atoms with E-state index in [1.54, 1.807) is 24.3 Å². The van der Waals surface area contributed by atoms with Crippen LogP contribution >= 0.6 is 11.6 Å². The number of rotatable bonds is 1. The smallest absolute Gasteiger partial charge is 0.140 e. The molecule has 1 saturated carbocycles. The molecular formula is C12H11ClO. The van der Waals surface area contributed by atoms with Gasteiger partial charge in [-0.05, 0) is 30.5 Å². The van der Waals surface area contributed by atoms with E-state index >= 15 is 0 Å². The van der Waals surface area contributed by atoms with Crippen LogP contribution in [0.3, 0.4) is 0 Å². The quantitative estimate of drug-likeness (QED) is 0.701. The van der Waals surface area contributed by atoms with Crippen LogP contribution in [0.25, 0.3) is 0 Å². The maximum Gasteiger partial charge on any atom is 0.140 e. The monoisotopic (exact) mass is 206 g/mol. The van der Waals surface area contributed by atoms with Crippen LogP contribution in [0.1, 0.15) is 24.5 Å². The zero-order valence-corrected chi connectivity index (χ0v) is 8.46. The van der Waals surface area contributed by atoms with Gasteiger partial charge in [0.15, 0.2) is 0 Å². The molecule has 1 aromatic carbocycles. The minimum absolute atomic E-state index is 0.525. The molecule has 2 rings (SSSR count). The first kappa shape index (κ1) is 9.58. The maximum atomic E-state index is 9.67. The lowest BCUT2D eigenvalue weighted by Gasteiger charge is -2.02. The van der Waals surface area contributed by atoms with Crippen LogP contribution in [0.15, 0.2) is 24.3 Å². The summed E-state index contributed by atoms with van der Waals surface area (Å²) in [6.07, 6.45) is 1.69. The molecule has 72 valence electrons. The molecule has 1 aliphatic rings. The second kappa shape index (κ2) is 4.04. The van der Waals surface area contributed by atoms with Gasteiger partial charge in [0.1, 0.15) is 6.10 Å².